The molecule has 21 heavy (non-hydrogen) atoms. The predicted molar refractivity (Wildman–Crippen MR) is 82.4 cm³/mol. The minimum Gasteiger partial charge on any atom is -0.385 e. The van der Waals surface area contributed by atoms with Crippen LogP contribution in [0, 0.1) is 5.82 Å². The lowest BCUT2D eigenvalue weighted by Crippen LogP contribution is -2.14. The molecular formula is C15H15ClFN3O. The molecule has 0 saturated carbocycles. The van der Waals surface area contributed by atoms with Crippen LogP contribution in [0.3, 0.4) is 0 Å². The number of aromatic nitrogens is 1. The average molecular weight is 308 g/mol. The highest BCUT2D eigenvalue weighted by Gasteiger charge is 2.11. The van der Waals surface area contributed by atoms with Gasteiger partial charge in [0, 0.05) is 18.4 Å². The van der Waals surface area contributed by atoms with E-state index in [4.69, 9.17) is 11.6 Å². The van der Waals surface area contributed by atoms with Crippen LogP contribution in [0.5, 0.6) is 0 Å². The summed E-state index contributed by atoms with van der Waals surface area (Å²) >= 11 is 5.91. The van der Waals surface area contributed by atoms with E-state index in [0.29, 0.717) is 0 Å². The highest BCUT2D eigenvalue weighted by atomic mass is 35.5. The van der Waals surface area contributed by atoms with Crippen LogP contribution in [0.1, 0.15) is 23.8 Å². The number of nitrogens with zero attached hydrogens (tertiary/aromatic N) is 1. The van der Waals surface area contributed by atoms with E-state index in [0.717, 1.165) is 18.7 Å². The van der Waals surface area contributed by atoms with Gasteiger partial charge in [-0.3, -0.25) is 9.78 Å². The molecular weight excluding hydrogens is 293 g/mol. The van der Waals surface area contributed by atoms with E-state index in [9.17, 15) is 9.18 Å². The van der Waals surface area contributed by atoms with Crippen LogP contribution >= 0.6 is 11.6 Å². The smallest absolute Gasteiger partial charge is 0.274 e. The zero-order chi connectivity index (χ0) is 15.2. The van der Waals surface area contributed by atoms with Crippen LogP contribution in [-0.4, -0.2) is 17.4 Å². The van der Waals surface area contributed by atoms with Crippen LogP contribution in [0.15, 0.2) is 36.5 Å². The fourth-order valence-corrected chi connectivity index (χ4v) is 1.88. The van der Waals surface area contributed by atoms with Crippen molar-refractivity contribution in [2.45, 2.75) is 13.3 Å². The molecule has 0 atom stereocenters. The Morgan fingerprint density at radius 3 is 2.90 bits per heavy atom. The maximum absolute atomic E-state index is 13.2. The fraction of sp³-hybridized carbons (Fsp3) is 0.200. The standard InChI is InChI=1S/C15H15ClFN3O/c1-2-6-18-11-5-7-19-14(9-11)15(21)20-13-8-10(17)3-4-12(13)16/h3-5,7-9H,2,6H2,1H3,(H,18,19)(H,20,21). The number of pyridine rings is 1. The van der Waals surface area contributed by atoms with Crippen LogP contribution in [0.2, 0.25) is 5.02 Å². The summed E-state index contributed by atoms with van der Waals surface area (Å²) in [7, 11) is 0. The number of hydrogen-bond acceptors (Lipinski definition) is 3. The van der Waals surface area contributed by atoms with Crippen molar-refractivity contribution in [3.8, 4) is 0 Å². The van der Waals surface area contributed by atoms with Crippen LogP contribution in [-0.2, 0) is 0 Å². The minimum atomic E-state index is -0.471. The zero-order valence-electron chi connectivity index (χ0n) is 11.5. The third-order valence-electron chi connectivity index (χ3n) is 2.75. The number of halogens is 2. The summed E-state index contributed by atoms with van der Waals surface area (Å²) in [5.41, 5.74) is 1.26. The maximum atomic E-state index is 13.2. The Balaban J connectivity index is 2.14. The van der Waals surface area contributed by atoms with Gasteiger partial charge in [-0.1, -0.05) is 18.5 Å². The molecule has 2 aromatic rings. The quantitative estimate of drug-likeness (QED) is 0.879. The van der Waals surface area contributed by atoms with Gasteiger partial charge in [0.15, 0.2) is 0 Å². The zero-order valence-corrected chi connectivity index (χ0v) is 12.2. The van der Waals surface area contributed by atoms with Gasteiger partial charge in [0.1, 0.15) is 11.5 Å². The Labute approximate surface area is 127 Å². The number of rotatable bonds is 5. The topological polar surface area (TPSA) is 54.0 Å². The van der Waals surface area contributed by atoms with Crippen LogP contribution < -0.4 is 10.6 Å². The Bertz CT molecular complexity index is 649. The number of anilines is 2. The molecule has 0 spiro atoms. The van der Waals surface area contributed by atoms with Crippen LogP contribution in [0.4, 0.5) is 15.8 Å². The molecule has 4 nitrogen and oxygen atoms in total. The molecule has 6 heteroatoms. The van der Waals surface area contributed by atoms with Crippen molar-refractivity contribution in [2.24, 2.45) is 0 Å². The lowest BCUT2D eigenvalue weighted by atomic mass is 10.2. The number of benzene rings is 1. The molecule has 0 saturated heterocycles. The third kappa shape index (κ3) is 4.16. The van der Waals surface area contributed by atoms with Gasteiger partial charge in [0.25, 0.3) is 5.91 Å². The Hall–Kier alpha value is -2.14. The van der Waals surface area contributed by atoms with Crippen molar-refractivity contribution in [1.29, 1.82) is 0 Å². The van der Waals surface area contributed by atoms with Gasteiger partial charge in [0.05, 0.1) is 10.7 Å². The van der Waals surface area contributed by atoms with Crippen molar-refractivity contribution >= 4 is 28.9 Å². The lowest BCUT2D eigenvalue weighted by Gasteiger charge is -2.09. The van der Waals surface area contributed by atoms with Crippen molar-refractivity contribution in [2.75, 3.05) is 17.2 Å². The normalized spacial score (nSPS) is 10.2. The van der Waals surface area contributed by atoms with E-state index in [1.54, 1.807) is 18.3 Å². The summed E-state index contributed by atoms with van der Waals surface area (Å²) in [5, 5.41) is 5.99. The van der Waals surface area contributed by atoms with Gasteiger partial charge in [-0.25, -0.2) is 4.39 Å². The second-order valence-corrected chi connectivity index (χ2v) is 4.84. The summed E-state index contributed by atoms with van der Waals surface area (Å²) in [5.74, 6) is -0.913. The highest BCUT2D eigenvalue weighted by Crippen LogP contribution is 2.23. The van der Waals surface area contributed by atoms with E-state index >= 15 is 0 Å². The molecule has 1 heterocycles. The van der Waals surface area contributed by atoms with Gasteiger partial charge in [-0.05, 0) is 36.8 Å². The molecule has 2 rings (SSSR count). The van der Waals surface area contributed by atoms with Crippen molar-refractivity contribution < 1.29 is 9.18 Å². The van der Waals surface area contributed by atoms with Crippen molar-refractivity contribution in [1.82, 2.24) is 4.98 Å². The molecule has 0 aliphatic heterocycles. The number of carbonyl (C=O) groups excluding carboxylic acids is 1. The van der Waals surface area contributed by atoms with Gasteiger partial charge in [-0.15, -0.1) is 0 Å². The molecule has 2 N–H and O–H groups in total. The summed E-state index contributed by atoms with van der Waals surface area (Å²) in [4.78, 5) is 16.1. The largest absolute Gasteiger partial charge is 0.385 e. The highest BCUT2D eigenvalue weighted by molar-refractivity contribution is 6.33. The van der Waals surface area contributed by atoms with Crippen LogP contribution in [0.25, 0.3) is 0 Å². The third-order valence-corrected chi connectivity index (χ3v) is 3.08. The van der Waals surface area contributed by atoms with E-state index in [2.05, 4.69) is 15.6 Å². The SMILES string of the molecule is CCCNc1ccnc(C(=O)Nc2cc(F)ccc2Cl)c1. The number of hydrogen-bond donors (Lipinski definition) is 2. The van der Waals surface area contributed by atoms with Gasteiger partial charge >= 0.3 is 0 Å². The first-order valence-corrected chi connectivity index (χ1v) is 6.94. The minimum absolute atomic E-state index is 0.218. The molecule has 0 aliphatic carbocycles. The second-order valence-electron chi connectivity index (χ2n) is 4.43. The van der Waals surface area contributed by atoms with Crippen molar-refractivity contribution in [3.63, 3.8) is 0 Å². The van der Waals surface area contributed by atoms with E-state index in [1.807, 2.05) is 6.92 Å². The first-order chi connectivity index (χ1) is 10.1. The molecule has 1 amide bonds. The second kappa shape index (κ2) is 7.04. The van der Waals surface area contributed by atoms with E-state index in [1.165, 1.54) is 18.2 Å². The Morgan fingerprint density at radius 2 is 2.14 bits per heavy atom. The van der Waals surface area contributed by atoms with Gasteiger partial charge in [-0.2, -0.15) is 0 Å². The number of nitrogens with one attached hydrogen (secondary N) is 2. The van der Waals surface area contributed by atoms with Gasteiger partial charge in [0.2, 0.25) is 0 Å². The van der Waals surface area contributed by atoms with E-state index in [-0.39, 0.29) is 16.4 Å². The summed E-state index contributed by atoms with van der Waals surface area (Å²) in [6.07, 6.45) is 2.52. The Morgan fingerprint density at radius 1 is 1.33 bits per heavy atom. The summed E-state index contributed by atoms with van der Waals surface area (Å²) in [6, 6.07) is 7.20. The molecule has 1 aromatic carbocycles. The lowest BCUT2D eigenvalue weighted by molar-refractivity contribution is 0.102. The maximum Gasteiger partial charge on any atom is 0.274 e. The first-order valence-electron chi connectivity index (χ1n) is 6.56. The van der Waals surface area contributed by atoms with Crippen molar-refractivity contribution in [3.05, 3.63) is 53.1 Å². The first kappa shape index (κ1) is 15.3. The molecule has 110 valence electrons. The van der Waals surface area contributed by atoms with Gasteiger partial charge < -0.3 is 10.6 Å². The fourth-order valence-electron chi connectivity index (χ4n) is 1.71. The summed E-state index contributed by atoms with van der Waals surface area (Å²) in [6.45, 7) is 2.86. The molecule has 0 unspecified atom stereocenters. The van der Waals surface area contributed by atoms with E-state index < -0.39 is 11.7 Å². The molecule has 0 bridgehead atoms. The predicted octanol–water partition coefficient (Wildman–Crippen LogP) is 3.95. The molecule has 0 aliphatic rings. The summed E-state index contributed by atoms with van der Waals surface area (Å²) < 4.78 is 13.2. The molecule has 0 radical (unpaired) electrons. The average Bonchev–Trinajstić information content (AvgIpc) is 2.49. The molecule has 1 aromatic heterocycles. The molecule has 0 fully saturated rings. The Kier molecular flexibility index (Phi) is 5.11. The monoisotopic (exact) mass is 307 g/mol. The number of carbonyl (C=O) groups is 1. The number of amides is 1.